The number of aryl methyl sites for hydroxylation is 1. The van der Waals surface area contributed by atoms with Crippen molar-refractivity contribution in [2.24, 2.45) is 5.92 Å². The molecular formula is C13H22N4OS. The van der Waals surface area contributed by atoms with E-state index in [-0.39, 0.29) is 12.1 Å². The number of rotatable bonds is 5. The number of amides is 2. The molecule has 0 spiro atoms. The van der Waals surface area contributed by atoms with Crippen LogP contribution in [-0.4, -0.2) is 33.2 Å². The fourth-order valence-corrected chi connectivity index (χ4v) is 2.74. The Hall–Kier alpha value is -1.17. The lowest BCUT2D eigenvalue weighted by molar-refractivity contribution is 0.164. The monoisotopic (exact) mass is 282 g/mol. The Bertz CT molecular complexity index is 444. The molecule has 1 aliphatic carbocycles. The van der Waals surface area contributed by atoms with Crippen LogP contribution in [-0.2, 0) is 0 Å². The molecule has 0 aliphatic heterocycles. The number of carbonyl (C=O) groups excluding carboxylic acids is 1. The molecular weight excluding hydrogens is 260 g/mol. The standard InChI is InChI=1S/C13H22N4OS/c1-5-8(2)9(3)17(11-6-7-11)13(18)14-12-16-15-10(4)19-12/h8-9,11H,5-7H2,1-4H3,(H,14,16,18)/t8-,9+/m0/s1. The van der Waals surface area contributed by atoms with Gasteiger partial charge in [-0.1, -0.05) is 31.6 Å². The second-order valence-corrected chi connectivity index (χ2v) is 6.50. The van der Waals surface area contributed by atoms with Gasteiger partial charge in [-0.2, -0.15) is 0 Å². The maximum atomic E-state index is 12.4. The summed E-state index contributed by atoms with van der Waals surface area (Å²) in [6.07, 6.45) is 3.31. The summed E-state index contributed by atoms with van der Waals surface area (Å²) in [5.41, 5.74) is 0. The summed E-state index contributed by atoms with van der Waals surface area (Å²) < 4.78 is 0. The highest BCUT2D eigenvalue weighted by atomic mass is 32.1. The highest BCUT2D eigenvalue weighted by Crippen LogP contribution is 2.32. The molecule has 106 valence electrons. The van der Waals surface area contributed by atoms with Gasteiger partial charge in [-0.15, -0.1) is 10.2 Å². The van der Waals surface area contributed by atoms with Crippen LogP contribution in [0.1, 0.15) is 45.0 Å². The number of anilines is 1. The van der Waals surface area contributed by atoms with Gasteiger partial charge in [-0.25, -0.2) is 4.79 Å². The van der Waals surface area contributed by atoms with E-state index < -0.39 is 0 Å². The van der Waals surface area contributed by atoms with Gasteiger partial charge >= 0.3 is 6.03 Å². The Morgan fingerprint density at radius 1 is 1.47 bits per heavy atom. The zero-order valence-corrected chi connectivity index (χ0v) is 12.8. The fraction of sp³-hybridized carbons (Fsp3) is 0.769. The molecule has 2 atom stereocenters. The number of carbonyl (C=O) groups is 1. The van der Waals surface area contributed by atoms with Crippen molar-refractivity contribution in [3.05, 3.63) is 5.01 Å². The van der Waals surface area contributed by atoms with Crippen LogP contribution in [0, 0.1) is 12.8 Å². The van der Waals surface area contributed by atoms with Crippen LogP contribution in [0.2, 0.25) is 0 Å². The number of hydrogen-bond acceptors (Lipinski definition) is 4. The zero-order chi connectivity index (χ0) is 14.0. The number of nitrogens with one attached hydrogen (secondary N) is 1. The second-order valence-electron chi connectivity index (χ2n) is 5.32. The van der Waals surface area contributed by atoms with E-state index >= 15 is 0 Å². The maximum Gasteiger partial charge on any atom is 0.324 e. The normalized spacial score (nSPS) is 17.9. The highest BCUT2D eigenvalue weighted by Gasteiger charge is 2.37. The van der Waals surface area contributed by atoms with Crippen LogP contribution in [0.3, 0.4) is 0 Å². The van der Waals surface area contributed by atoms with E-state index in [0.29, 0.717) is 17.1 Å². The summed E-state index contributed by atoms with van der Waals surface area (Å²) >= 11 is 1.41. The summed E-state index contributed by atoms with van der Waals surface area (Å²) in [5.74, 6) is 0.502. The van der Waals surface area contributed by atoms with E-state index in [0.717, 1.165) is 24.3 Å². The Labute approximate surface area is 118 Å². The Morgan fingerprint density at radius 3 is 2.63 bits per heavy atom. The van der Waals surface area contributed by atoms with Crippen molar-refractivity contribution < 1.29 is 4.79 Å². The van der Waals surface area contributed by atoms with Gasteiger partial charge in [-0.3, -0.25) is 5.32 Å². The third-order valence-electron chi connectivity index (χ3n) is 3.82. The number of hydrogen-bond donors (Lipinski definition) is 1. The van der Waals surface area contributed by atoms with Crippen LogP contribution in [0.25, 0.3) is 0 Å². The van der Waals surface area contributed by atoms with E-state index in [1.54, 1.807) is 0 Å². The van der Waals surface area contributed by atoms with Crippen molar-refractivity contribution in [2.75, 3.05) is 5.32 Å². The van der Waals surface area contributed by atoms with E-state index in [2.05, 4.69) is 36.3 Å². The molecule has 2 amide bonds. The average molecular weight is 282 g/mol. The first kappa shape index (κ1) is 14.2. The zero-order valence-electron chi connectivity index (χ0n) is 12.0. The largest absolute Gasteiger partial charge is 0.324 e. The van der Waals surface area contributed by atoms with E-state index in [1.807, 2.05) is 11.8 Å². The molecule has 1 saturated carbocycles. The number of urea groups is 1. The molecule has 0 unspecified atom stereocenters. The molecule has 1 aromatic rings. The molecule has 0 aromatic carbocycles. The molecule has 1 aromatic heterocycles. The van der Waals surface area contributed by atoms with Crippen molar-refractivity contribution in [1.82, 2.24) is 15.1 Å². The summed E-state index contributed by atoms with van der Waals surface area (Å²) in [6, 6.07) is 0.621. The first-order valence-corrected chi connectivity index (χ1v) is 7.74. The van der Waals surface area contributed by atoms with Crippen molar-refractivity contribution in [1.29, 1.82) is 0 Å². The average Bonchev–Trinajstić information content (AvgIpc) is 3.12. The second kappa shape index (κ2) is 5.86. The smallest absolute Gasteiger partial charge is 0.319 e. The Balaban J connectivity index is 2.04. The molecule has 1 fully saturated rings. The summed E-state index contributed by atoms with van der Waals surface area (Å²) in [6.45, 7) is 8.38. The molecule has 6 heteroatoms. The lowest BCUT2D eigenvalue weighted by atomic mass is 9.99. The molecule has 5 nitrogen and oxygen atoms in total. The molecule has 1 heterocycles. The van der Waals surface area contributed by atoms with E-state index in [9.17, 15) is 4.79 Å². The first-order chi connectivity index (χ1) is 9.02. The van der Waals surface area contributed by atoms with Crippen LogP contribution < -0.4 is 5.32 Å². The van der Waals surface area contributed by atoms with Crippen LogP contribution >= 0.6 is 11.3 Å². The minimum absolute atomic E-state index is 0.0357. The molecule has 2 rings (SSSR count). The van der Waals surface area contributed by atoms with Gasteiger partial charge in [0.15, 0.2) is 0 Å². The van der Waals surface area contributed by atoms with Crippen molar-refractivity contribution in [3.8, 4) is 0 Å². The van der Waals surface area contributed by atoms with E-state index in [4.69, 9.17) is 0 Å². The molecule has 1 aliphatic rings. The molecule has 0 radical (unpaired) electrons. The summed E-state index contributed by atoms with van der Waals surface area (Å²) in [5, 5.41) is 12.2. The summed E-state index contributed by atoms with van der Waals surface area (Å²) in [4.78, 5) is 14.4. The number of nitrogens with zero attached hydrogens (tertiary/aromatic N) is 3. The van der Waals surface area contributed by atoms with Gasteiger partial charge in [-0.05, 0) is 32.6 Å². The van der Waals surface area contributed by atoms with E-state index in [1.165, 1.54) is 11.3 Å². The SMILES string of the molecule is CC[C@H](C)[C@@H](C)N(C(=O)Nc1nnc(C)s1)C1CC1. The van der Waals surface area contributed by atoms with Gasteiger partial charge in [0.2, 0.25) is 5.13 Å². The van der Waals surface area contributed by atoms with Crippen molar-refractivity contribution in [3.63, 3.8) is 0 Å². The van der Waals surface area contributed by atoms with Crippen LogP contribution in [0.5, 0.6) is 0 Å². The highest BCUT2D eigenvalue weighted by molar-refractivity contribution is 7.15. The van der Waals surface area contributed by atoms with Gasteiger partial charge in [0, 0.05) is 12.1 Å². The van der Waals surface area contributed by atoms with Gasteiger partial charge in [0.25, 0.3) is 0 Å². The van der Waals surface area contributed by atoms with Crippen LogP contribution in [0.4, 0.5) is 9.93 Å². The van der Waals surface area contributed by atoms with Crippen molar-refractivity contribution >= 4 is 22.5 Å². The maximum absolute atomic E-state index is 12.4. The Kier molecular flexibility index (Phi) is 4.39. The Morgan fingerprint density at radius 2 is 2.16 bits per heavy atom. The number of aromatic nitrogens is 2. The van der Waals surface area contributed by atoms with Gasteiger partial charge in [0.1, 0.15) is 5.01 Å². The first-order valence-electron chi connectivity index (χ1n) is 6.92. The minimum atomic E-state index is -0.0357. The topological polar surface area (TPSA) is 58.1 Å². The molecule has 0 bridgehead atoms. The lowest BCUT2D eigenvalue weighted by Gasteiger charge is -2.32. The molecule has 1 N–H and O–H groups in total. The third-order valence-corrected chi connectivity index (χ3v) is 4.58. The predicted octanol–water partition coefficient (Wildman–Crippen LogP) is 3.28. The molecule has 0 saturated heterocycles. The minimum Gasteiger partial charge on any atom is -0.319 e. The van der Waals surface area contributed by atoms with Gasteiger partial charge in [0.05, 0.1) is 0 Å². The molecule has 19 heavy (non-hydrogen) atoms. The predicted molar refractivity (Wildman–Crippen MR) is 77.4 cm³/mol. The summed E-state index contributed by atoms with van der Waals surface area (Å²) in [7, 11) is 0. The van der Waals surface area contributed by atoms with Crippen molar-refractivity contribution in [2.45, 2.75) is 59.0 Å². The van der Waals surface area contributed by atoms with Gasteiger partial charge < -0.3 is 4.90 Å². The quantitative estimate of drug-likeness (QED) is 0.901. The van der Waals surface area contributed by atoms with Crippen LogP contribution in [0.15, 0.2) is 0 Å². The third kappa shape index (κ3) is 3.43. The lowest BCUT2D eigenvalue weighted by Crippen LogP contribution is -2.45. The fourth-order valence-electron chi connectivity index (χ4n) is 2.15.